The molecule has 0 bridgehead atoms. The van der Waals surface area contributed by atoms with Crippen LogP contribution in [0.4, 0.5) is 5.69 Å². The molecule has 0 amide bonds. The lowest BCUT2D eigenvalue weighted by Gasteiger charge is -2.32. The van der Waals surface area contributed by atoms with Crippen molar-refractivity contribution in [3.63, 3.8) is 0 Å². The number of nitrogens with one attached hydrogen (secondary N) is 1. The Balaban J connectivity index is 1.75. The van der Waals surface area contributed by atoms with E-state index in [4.69, 9.17) is 10.2 Å². The quantitative estimate of drug-likeness (QED) is 0.857. The van der Waals surface area contributed by atoms with Gasteiger partial charge in [0.1, 0.15) is 0 Å². The minimum atomic E-state index is -0.327. The summed E-state index contributed by atoms with van der Waals surface area (Å²) in [6.45, 7) is 0.927. The van der Waals surface area contributed by atoms with Gasteiger partial charge in [-0.25, -0.2) is 4.79 Å². The van der Waals surface area contributed by atoms with Gasteiger partial charge < -0.3 is 15.5 Å². The van der Waals surface area contributed by atoms with Gasteiger partial charge >= 0.3 is 5.76 Å². The molecule has 1 aromatic heterocycles. The number of aromatic nitrogens is 1. The van der Waals surface area contributed by atoms with E-state index in [1.54, 1.807) is 7.05 Å². The van der Waals surface area contributed by atoms with Gasteiger partial charge in [0.2, 0.25) is 0 Å². The third-order valence-corrected chi connectivity index (χ3v) is 3.66. The molecule has 1 saturated carbocycles. The number of fused-ring (bicyclic) bond motifs is 1. The lowest BCUT2D eigenvalue weighted by molar-refractivity contribution is 0.280. The van der Waals surface area contributed by atoms with Crippen molar-refractivity contribution in [3.05, 3.63) is 28.7 Å². The Morgan fingerprint density at radius 3 is 3.00 bits per heavy atom. The van der Waals surface area contributed by atoms with Crippen LogP contribution >= 0.6 is 0 Å². The van der Waals surface area contributed by atoms with Crippen LogP contribution in [0.2, 0.25) is 0 Å². The Labute approximate surface area is 105 Å². The van der Waals surface area contributed by atoms with E-state index in [1.807, 2.05) is 18.2 Å². The summed E-state index contributed by atoms with van der Waals surface area (Å²) < 4.78 is 6.65. The van der Waals surface area contributed by atoms with Crippen molar-refractivity contribution >= 4 is 16.8 Å². The zero-order valence-corrected chi connectivity index (χ0v) is 10.3. The van der Waals surface area contributed by atoms with Gasteiger partial charge in [-0.05, 0) is 30.9 Å². The molecule has 0 aliphatic heterocycles. The van der Waals surface area contributed by atoms with Gasteiger partial charge in [0, 0.05) is 31.4 Å². The highest BCUT2D eigenvalue weighted by Gasteiger charge is 2.25. The average molecular weight is 247 g/mol. The van der Waals surface area contributed by atoms with Gasteiger partial charge in [-0.1, -0.05) is 0 Å². The summed E-state index contributed by atoms with van der Waals surface area (Å²) in [5.74, 6) is 0.339. The largest absolute Gasteiger partial charge is 0.419 e. The van der Waals surface area contributed by atoms with Crippen LogP contribution in [0.25, 0.3) is 11.1 Å². The second-order valence-corrected chi connectivity index (χ2v) is 5.09. The van der Waals surface area contributed by atoms with Crippen molar-refractivity contribution in [2.75, 3.05) is 11.9 Å². The van der Waals surface area contributed by atoms with E-state index in [0.717, 1.165) is 30.6 Å². The van der Waals surface area contributed by atoms with E-state index < -0.39 is 0 Å². The fraction of sp³-hybridized carbons (Fsp3) is 0.462. The predicted octanol–water partition coefficient (Wildman–Crippen LogP) is 1.28. The van der Waals surface area contributed by atoms with Crippen molar-refractivity contribution < 1.29 is 4.42 Å². The molecule has 1 aliphatic rings. The van der Waals surface area contributed by atoms with Gasteiger partial charge in [0.15, 0.2) is 5.58 Å². The van der Waals surface area contributed by atoms with Crippen LogP contribution in [0.1, 0.15) is 12.8 Å². The zero-order chi connectivity index (χ0) is 12.7. The highest BCUT2D eigenvalue weighted by molar-refractivity contribution is 5.77. The van der Waals surface area contributed by atoms with Crippen LogP contribution in [-0.4, -0.2) is 17.2 Å². The summed E-state index contributed by atoms with van der Waals surface area (Å²) in [5, 5.41) is 3.36. The highest BCUT2D eigenvalue weighted by atomic mass is 16.4. The monoisotopic (exact) mass is 247 g/mol. The Morgan fingerprint density at radius 1 is 1.50 bits per heavy atom. The molecule has 0 radical (unpaired) electrons. The molecule has 0 unspecified atom stereocenters. The summed E-state index contributed by atoms with van der Waals surface area (Å²) in [4.78, 5) is 11.4. The van der Waals surface area contributed by atoms with E-state index in [2.05, 4.69) is 5.32 Å². The number of rotatable bonds is 3. The van der Waals surface area contributed by atoms with Gasteiger partial charge in [-0.15, -0.1) is 0 Å². The number of benzene rings is 1. The molecule has 18 heavy (non-hydrogen) atoms. The lowest BCUT2D eigenvalue weighted by Crippen LogP contribution is -2.39. The third-order valence-electron chi connectivity index (χ3n) is 3.66. The summed E-state index contributed by atoms with van der Waals surface area (Å²) in [5.41, 5.74) is 8.17. The predicted molar refractivity (Wildman–Crippen MR) is 70.6 cm³/mol. The van der Waals surface area contributed by atoms with E-state index in [9.17, 15) is 4.79 Å². The fourth-order valence-electron chi connectivity index (χ4n) is 2.46. The van der Waals surface area contributed by atoms with Gasteiger partial charge in [-0.3, -0.25) is 4.57 Å². The fourth-order valence-corrected chi connectivity index (χ4v) is 2.46. The van der Waals surface area contributed by atoms with Crippen LogP contribution in [0.3, 0.4) is 0 Å². The maximum atomic E-state index is 11.4. The Kier molecular flexibility index (Phi) is 2.63. The first-order chi connectivity index (χ1) is 8.63. The second kappa shape index (κ2) is 4.17. The molecule has 0 saturated heterocycles. The number of oxazole rings is 1. The first-order valence-corrected chi connectivity index (χ1v) is 6.22. The number of hydrogen-bond acceptors (Lipinski definition) is 4. The highest BCUT2D eigenvalue weighted by Crippen LogP contribution is 2.26. The first kappa shape index (κ1) is 11.3. The normalized spacial score (nSPS) is 23.0. The standard InChI is InChI=1S/C13H17N3O2/c1-16-11-3-2-10(6-12(11)18-13(16)17)15-7-8-4-9(14)5-8/h2-3,6,8-9,15H,4-5,7,14H2,1H3. The summed E-state index contributed by atoms with van der Waals surface area (Å²) in [7, 11) is 1.71. The number of anilines is 1. The van der Waals surface area contributed by atoms with E-state index >= 15 is 0 Å². The van der Waals surface area contributed by atoms with E-state index in [0.29, 0.717) is 17.5 Å². The topological polar surface area (TPSA) is 73.2 Å². The smallest absolute Gasteiger partial charge is 0.408 e. The molecule has 0 atom stereocenters. The maximum Gasteiger partial charge on any atom is 0.419 e. The van der Waals surface area contributed by atoms with Gasteiger partial charge in [0.25, 0.3) is 0 Å². The van der Waals surface area contributed by atoms with E-state index in [-0.39, 0.29) is 5.76 Å². The number of aryl methyl sites for hydroxylation is 1. The van der Waals surface area contributed by atoms with Gasteiger partial charge in [0.05, 0.1) is 5.52 Å². The molecule has 5 nitrogen and oxygen atoms in total. The van der Waals surface area contributed by atoms with Crippen molar-refractivity contribution in [1.29, 1.82) is 0 Å². The van der Waals surface area contributed by atoms with Crippen LogP contribution in [0, 0.1) is 5.92 Å². The van der Waals surface area contributed by atoms with Crippen molar-refractivity contribution in [2.45, 2.75) is 18.9 Å². The Hall–Kier alpha value is -1.75. The molecule has 1 fully saturated rings. The van der Waals surface area contributed by atoms with Crippen molar-refractivity contribution in [2.24, 2.45) is 18.7 Å². The molecule has 2 aromatic rings. The molecular weight excluding hydrogens is 230 g/mol. The van der Waals surface area contributed by atoms with Crippen molar-refractivity contribution in [1.82, 2.24) is 4.57 Å². The molecule has 1 aliphatic carbocycles. The minimum Gasteiger partial charge on any atom is -0.408 e. The molecule has 5 heteroatoms. The van der Waals surface area contributed by atoms with Crippen molar-refractivity contribution in [3.8, 4) is 0 Å². The summed E-state index contributed by atoms with van der Waals surface area (Å²) >= 11 is 0. The van der Waals surface area contributed by atoms with Crippen LogP contribution in [0.15, 0.2) is 27.4 Å². The Bertz CT molecular complexity index is 623. The SMILES string of the molecule is Cn1c(=O)oc2cc(NCC3CC(N)C3)ccc21. The van der Waals surface area contributed by atoms with Crippen LogP contribution in [0.5, 0.6) is 0 Å². The molecule has 3 N–H and O–H groups in total. The average Bonchev–Trinajstić information content (AvgIpc) is 2.59. The number of nitrogens with zero attached hydrogens (tertiary/aromatic N) is 1. The third kappa shape index (κ3) is 1.90. The molecule has 3 rings (SSSR count). The molecule has 0 spiro atoms. The van der Waals surface area contributed by atoms with Crippen LogP contribution < -0.4 is 16.8 Å². The maximum absolute atomic E-state index is 11.4. The summed E-state index contributed by atoms with van der Waals surface area (Å²) in [6, 6.07) is 6.12. The Morgan fingerprint density at radius 2 is 2.28 bits per heavy atom. The first-order valence-electron chi connectivity index (χ1n) is 6.22. The lowest BCUT2D eigenvalue weighted by atomic mass is 9.81. The van der Waals surface area contributed by atoms with Gasteiger partial charge in [-0.2, -0.15) is 0 Å². The summed E-state index contributed by atoms with van der Waals surface area (Å²) in [6.07, 6.45) is 2.19. The molecular formula is C13H17N3O2. The van der Waals surface area contributed by atoms with Crippen LogP contribution in [-0.2, 0) is 7.05 Å². The van der Waals surface area contributed by atoms with E-state index in [1.165, 1.54) is 4.57 Å². The minimum absolute atomic E-state index is 0.327. The molecule has 96 valence electrons. The number of hydrogen-bond donors (Lipinski definition) is 2. The molecule has 1 heterocycles. The molecule has 1 aromatic carbocycles. The zero-order valence-electron chi connectivity index (χ0n) is 10.3. The second-order valence-electron chi connectivity index (χ2n) is 5.09. The number of nitrogens with two attached hydrogens (primary N) is 1.